The van der Waals surface area contributed by atoms with E-state index in [1.54, 1.807) is 12.4 Å². The van der Waals surface area contributed by atoms with Gasteiger partial charge in [-0.15, -0.1) is 0 Å². The Morgan fingerprint density at radius 3 is 2.24 bits per heavy atom. The highest BCUT2D eigenvalue weighted by atomic mass is 31.2. The standard InChI is InChI=1S/C10H18N3O3P/c1-7(2)10-12-5-9(6-13-10)4-11-8(3)17(14,15)16/h5-8,11H,4H2,1-3H3,(H2,14,15,16). The highest BCUT2D eigenvalue weighted by molar-refractivity contribution is 7.52. The number of aromatic nitrogens is 2. The van der Waals surface area contributed by atoms with Crippen LogP contribution in [0.25, 0.3) is 0 Å². The molecule has 6 nitrogen and oxygen atoms in total. The number of nitrogens with zero attached hydrogens (tertiary/aromatic N) is 2. The zero-order chi connectivity index (χ0) is 13.1. The van der Waals surface area contributed by atoms with Gasteiger partial charge in [0.2, 0.25) is 0 Å². The first-order chi connectivity index (χ1) is 7.80. The van der Waals surface area contributed by atoms with Crippen LogP contribution in [-0.4, -0.2) is 25.5 Å². The lowest BCUT2D eigenvalue weighted by atomic mass is 10.2. The molecule has 0 aliphatic carbocycles. The van der Waals surface area contributed by atoms with Crippen LogP contribution in [0.3, 0.4) is 0 Å². The van der Waals surface area contributed by atoms with Gasteiger partial charge in [-0.2, -0.15) is 0 Å². The van der Waals surface area contributed by atoms with Crippen molar-refractivity contribution in [2.75, 3.05) is 0 Å². The normalized spacial score (nSPS) is 14.0. The summed E-state index contributed by atoms with van der Waals surface area (Å²) in [6.07, 6.45) is 3.34. The lowest BCUT2D eigenvalue weighted by molar-refractivity contribution is 0.350. The summed E-state index contributed by atoms with van der Waals surface area (Å²) >= 11 is 0. The molecule has 7 heteroatoms. The summed E-state index contributed by atoms with van der Waals surface area (Å²) in [6.45, 7) is 5.79. The summed E-state index contributed by atoms with van der Waals surface area (Å²) in [6, 6.07) is 0. The molecule has 0 aliphatic rings. The molecule has 3 N–H and O–H groups in total. The molecule has 0 radical (unpaired) electrons. The molecule has 1 unspecified atom stereocenters. The molecule has 0 saturated carbocycles. The van der Waals surface area contributed by atoms with Crippen molar-refractivity contribution in [3.63, 3.8) is 0 Å². The van der Waals surface area contributed by atoms with Gasteiger partial charge in [-0.05, 0) is 6.92 Å². The summed E-state index contributed by atoms with van der Waals surface area (Å²) in [7, 11) is -4.07. The van der Waals surface area contributed by atoms with Crippen LogP contribution < -0.4 is 5.32 Å². The highest BCUT2D eigenvalue weighted by Crippen LogP contribution is 2.39. The maximum absolute atomic E-state index is 10.9. The maximum Gasteiger partial charge on any atom is 0.342 e. The van der Waals surface area contributed by atoms with E-state index in [0.29, 0.717) is 6.54 Å². The second-order valence-electron chi connectivity index (χ2n) is 4.25. The van der Waals surface area contributed by atoms with Gasteiger partial charge in [0.25, 0.3) is 0 Å². The van der Waals surface area contributed by atoms with Crippen LogP contribution in [-0.2, 0) is 11.1 Å². The van der Waals surface area contributed by atoms with Crippen LogP contribution in [0.1, 0.15) is 38.1 Å². The Kier molecular flexibility index (Phi) is 4.77. The number of nitrogens with one attached hydrogen (secondary N) is 1. The predicted molar refractivity (Wildman–Crippen MR) is 64.5 cm³/mol. The van der Waals surface area contributed by atoms with Crippen molar-refractivity contribution in [1.29, 1.82) is 0 Å². The van der Waals surface area contributed by atoms with Crippen LogP contribution in [0.4, 0.5) is 0 Å². The van der Waals surface area contributed by atoms with Crippen LogP contribution in [0.15, 0.2) is 12.4 Å². The first kappa shape index (κ1) is 14.3. The Labute approximate surface area is 101 Å². The zero-order valence-corrected chi connectivity index (χ0v) is 11.1. The molecule has 0 bridgehead atoms. The van der Waals surface area contributed by atoms with Crippen molar-refractivity contribution in [2.45, 2.75) is 39.0 Å². The predicted octanol–water partition coefficient (Wildman–Crippen LogP) is 1.21. The van der Waals surface area contributed by atoms with Gasteiger partial charge in [0, 0.05) is 30.4 Å². The summed E-state index contributed by atoms with van der Waals surface area (Å²) in [5, 5.41) is 2.74. The van der Waals surface area contributed by atoms with E-state index in [2.05, 4.69) is 15.3 Å². The molecule has 1 aromatic heterocycles. The molecular weight excluding hydrogens is 241 g/mol. The molecule has 1 aromatic rings. The van der Waals surface area contributed by atoms with Gasteiger partial charge in [-0.1, -0.05) is 13.8 Å². The van der Waals surface area contributed by atoms with E-state index in [1.807, 2.05) is 13.8 Å². The van der Waals surface area contributed by atoms with Crippen LogP contribution in [0.5, 0.6) is 0 Å². The van der Waals surface area contributed by atoms with Gasteiger partial charge >= 0.3 is 7.60 Å². The average Bonchev–Trinajstić information content (AvgIpc) is 2.25. The maximum atomic E-state index is 10.9. The van der Waals surface area contributed by atoms with Crippen molar-refractivity contribution < 1.29 is 14.4 Å². The molecule has 0 aliphatic heterocycles. The molecule has 1 atom stereocenters. The molecule has 96 valence electrons. The minimum Gasteiger partial charge on any atom is -0.323 e. The molecule has 0 aromatic carbocycles. The third-order valence-electron chi connectivity index (χ3n) is 2.35. The van der Waals surface area contributed by atoms with Crippen molar-refractivity contribution in [3.8, 4) is 0 Å². The largest absolute Gasteiger partial charge is 0.342 e. The highest BCUT2D eigenvalue weighted by Gasteiger charge is 2.22. The first-order valence-electron chi connectivity index (χ1n) is 5.40. The van der Waals surface area contributed by atoms with Gasteiger partial charge in [-0.3, -0.25) is 9.88 Å². The molecule has 1 heterocycles. The van der Waals surface area contributed by atoms with E-state index in [9.17, 15) is 4.57 Å². The number of hydrogen-bond donors (Lipinski definition) is 3. The van der Waals surface area contributed by atoms with Gasteiger partial charge in [0.05, 0.1) is 0 Å². The number of hydrogen-bond acceptors (Lipinski definition) is 4. The third-order valence-corrected chi connectivity index (χ3v) is 3.54. The van der Waals surface area contributed by atoms with E-state index in [0.717, 1.165) is 11.4 Å². The van der Waals surface area contributed by atoms with Crippen LogP contribution in [0.2, 0.25) is 0 Å². The molecule has 1 rings (SSSR count). The Morgan fingerprint density at radius 1 is 1.29 bits per heavy atom. The minimum absolute atomic E-state index is 0.269. The van der Waals surface area contributed by atoms with Crippen molar-refractivity contribution >= 4 is 7.60 Å². The summed E-state index contributed by atoms with van der Waals surface area (Å²) < 4.78 is 10.9. The summed E-state index contributed by atoms with van der Waals surface area (Å²) in [4.78, 5) is 26.1. The van der Waals surface area contributed by atoms with E-state index in [-0.39, 0.29) is 5.92 Å². The minimum atomic E-state index is -4.07. The SMILES string of the molecule is CC(C)c1ncc(CNC(C)P(=O)(O)O)cn1. The fraction of sp³-hybridized carbons (Fsp3) is 0.600. The summed E-state index contributed by atoms with van der Waals surface area (Å²) in [5.74, 6) is 0.162. The van der Waals surface area contributed by atoms with E-state index < -0.39 is 13.4 Å². The Morgan fingerprint density at radius 2 is 1.82 bits per heavy atom. The zero-order valence-electron chi connectivity index (χ0n) is 10.2. The second kappa shape index (κ2) is 5.69. The smallest absolute Gasteiger partial charge is 0.323 e. The summed E-state index contributed by atoms with van der Waals surface area (Å²) in [5.41, 5.74) is 0.801. The van der Waals surface area contributed by atoms with Gasteiger partial charge < -0.3 is 9.79 Å². The molecule has 0 fully saturated rings. The van der Waals surface area contributed by atoms with Crippen LogP contribution >= 0.6 is 7.60 Å². The lowest BCUT2D eigenvalue weighted by Crippen LogP contribution is -2.25. The molecule has 17 heavy (non-hydrogen) atoms. The lowest BCUT2D eigenvalue weighted by Gasteiger charge is -2.15. The van der Waals surface area contributed by atoms with Crippen LogP contribution in [0, 0.1) is 0 Å². The fourth-order valence-corrected chi connectivity index (χ4v) is 1.47. The molecule has 0 saturated heterocycles. The molecular formula is C10H18N3O3P. The van der Waals surface area contributed by atoms with E-state index in [4.69, 9.17) is 9.79 Å². The third kappa shape index (κ3) is 4.52. The Hall–Kier alpha value is -0.810. The molecule has 0 spiro atoms. The Balaban J connectivity index is 2.56. The monoisotopic (exact) mass is 259 g/mol. The topological polar surface area (TPSA) is 95.3 Å². The second-order valence-corrected chi connectivity index (χ2v) is 6.20. The van der Waals surface area contributed by atoms with E-state index >= 15 is 0 Å². The quantitative estimate of drug-likeness (QED) is 0.688. The first-order valence-corrected chi connectivity index (χ1v) is 7.08. The van der Waals surface area contributed by atoms with Crippen molar-refractivity contribution in [3.05, 3.63) is 23.8 Å². The number of rotatable bonds is 5. The average molecular weight is 259 g/mol. The van der Waals surface area contributed by atoms with E-state index in [1.165, 1.54) is 6.92 Å². The molecule has 0 amide bonds. The fourth-order valence-electron chi connectivity index (χ4n) is 1.14. The van der Waals surface area contributed by atoms with Gasteiger partial charge in [0.15, 0.2) is 0 Å². The van der Waals surface area contributed by atoms with Crippen molar-refractivity contribution in [1.82, 2.24) is 15.3 Å². The van der Waals surface area contributed by atoms with Gasteiger partial charge in [-0.25, -0.2) is 9.97 Å². The van der Waals surface area contributed by atoms with Gasteiger partial charge in [0.1, 0.15) is 11.6 Å². The van der Waals surface area contributed by atoms with Crippen molar-refractivity contribution in [2.24, 2.45) is 0 Å². The Bertz CT molecular complexity index is 402.